The average Bonchev–Trinajstić information content (AvgIpc) is 2.46. The molecule has 11 heteroatoms. The first-order chi connectivity index (χ1) is 11.0. The molecular formula is C13H21NO9S. The molecule has 1 rings (SSSR count). The Morgan fingerprint density at radius 3 is 2.38 bits per heavy atom. The number of rotatable bonds is 6. The highest BCUT2D eigenvalue weighted by atomic mass is 32.2. The molecule has 1 aliphatic rings. The van der Waals surface area contributed by atoms with E-state index in [9.17, 15) is 34.8 Å². The van der Waals surface area contributed by atoms with Crippen LogP contribution in [0.25, 0.3) is 0 Å². The second kappa shape index (κ2) is 8.23. The Morgan fingerprint density at radius 2 is 1.92 bits per heavy atom. The first-order valence-corrected chi connectivity index (χ1v) is 8.04. The third-order valence-corrected chi connectivity index (χ3v) is 4.39. The minimum Gasteiger partial charge on any atom is -0.477 e. The number of carbonyl (C=O) groups is 3. The van der Waals surface area contributed by atoms with Crippen LogP contribution in [0.2, 0.25) is 0 Å². The lowest BCUT2D eigenvalue weighted by molar-refractivity contribution is -0.293. The number of ether oxygens (including phenoxy) is 1. The van der Waals surface area contributed by atoms with Crippen LogP contribution in [0.5, 0.6) is 0 Å². The summed E-state index contributed by atoms with van der Waals surface area (Å²) < 4.78 is 4.99. The molecule has 1 saturated heterocycles. The molecule has 1 amide bonds. The van der Waals surface area contributed by atoms with Crippen LogP contribution in [0.15, 0.2) is 0 Å². The molecule has 1 aliphatic heterocycles. The van der Waals surface area contributed by atoms with Crippen LogP contribution in [0.3, 0.4) is 0 Å². The van der Waals surface area contributed by atoms with Gasteiger partial charge in [0.25, 0.3) is 5.79 Å². The van der Waals surface area contributed by atoms with Gasteiger partial charge in [0.05, 0.1) is 18.2 Å². The zero-order valence-electron chi connectivity index (χ0n) is 13.1. The second-order valence-electron chi connectivity index (χ2n) is 5.53. The molecule has 6 atom stereocenters. The summed E-state index contributed by atoms with van der Waals surface area (Å²) in [5.41, 5.74) is 0. The molecule has 138 valence electrons. The summed E-state index contributed by atoms with van der Waals surface area (Å²) in [5, 5.41) is 51.2. The normalized spacial score (nSPS) is 32.7. The Kier molecular flexibility index (Phi) is 7.13. The van der Waals surface area contributed by atoms with Crippen molar-refractivity contribution in [2.45, 2.75) is 56.5 Å². The van der Waals surface area contributed by atoms with E-state index in [1.165, 1.54) is 6.92 Å². The number of nitrogens with one attached hydrogen (secondary N) is 1. The van der Waals surface area contributed by atoms with Gasteiger partial charge >= 0.3 is 5.97 Å². The van der Waals surface area contributed by atoms with Gasteiger partial charge in [-0.1, -0.05) is 11.8 Å². The van der Waals surface area contributed by atoms with Gasteiger partial charge < -0.3 is 35.6 Å². The van der Waals surface area contributed by atoms with Gasteiger partial charge in [0.15, 0.2) is 5.12 Å². The van der Waals surface area contributed by atoms with Gasteiger partial charge in [-0.2, -0.15) is 0 Å². The molecule has 24 heavy (non-hydrogen) atoms. The molecule has 1 fully saturated rings. The number of carbonyl (C=O) groups excluding carboxylic acids is 2. The Labute approximate surface area is 141 Å². The number of carboxylic acid groups (broad SMARTS) is 1. The summed E-state index contributed by atoms with van der Waals surface area (Å²) >= 11 is 0.721. The number of aliphatic carboxylic acids is 1. The van der Waals surface area contributed by atoms with Gasteiger partial charge in [-0.3, -0.25) is 9.59 Å². The fourth-order valence-electron chi connectivity index (χ4n) is 2.33. The smallest absolute Gasteiger partial charge is 0.364 e. The van der Waals surface area contributed by atoms with Crippen molar-refractivity contribution in [1.82, 2.24) is 5.32 Å². The Bertz CT molecular complexity index is 502. The number of amides is 1. The van der Waals surface area contributed by atoms with Crippen LogP contribution in [-0.2, 0) is 19.1 Å². The molecule has 10 nitrogen and oxygen atoms in total. The fraction of sp³-hybridized carbons (Fsp3) is 0.769. The SMILES string of the molecule is CC(=O)N[C@H]1[C@H]([C@H](O)[C@H](O)CSC(C)=O)OC(O)(C(=O)O)C[C@@H]1O. The summed E-state index contributed by atoms with van der Waals surface area (Å²) in [5.74, 6) is -5.38. The molecule has 0 aliphatic carbocycles. The van der Waals surface area contributed by atoms with Crippen molar-refractivity contribution >= 4 is 28.8 Å². The highest BCUT2D eigenvalue weighted by molar-refractivity contribution is 8.13. The lowest BCUT2D eigenvalue weighted by atomic mass is 9.89. The highest BCUT2D eigenvalue weighted by Crippen LogP contribution is 2.31. The number of hydrogen-bond donors (Lipinski definition) is 6. The largest absolute Gasteiger partial charge is 0.477 e. The summed E-state index contributed by atoms with van der Waals surface area (Å²) in [6.45, 7) is 2.39. The van der Waals surface area contributed by atoms with Gasteiger partial charge in [0, 0.05) is 26.0 Å². The van der Waals surface area contributed by atoms with Crippen molar-refractivity contribution in [3.63, 3.8) is 0 Å². The first kappa shape index (κ1) is 20.8. The van der Waals surface area contributed by atoms with E-state index < -0.39 is 54.5 Å². The summed E-state index contributed by atoms with van der Waals surface area (Å²) in [6.07, 6.45) is -7.19. The van der Waals surface area contributed by atoms with E-state index in [2.05, 4.69) is 5.32 Å². The average molecular weight is 367 g/mol. The van der Waals surface area contributed by atoms with Gasteiger partial charge in [-0.05, 0) is 0 Å². The van der Waals surface area contributed by atoms with Gasteiger partial charge in [-0.15, -0.1) is 0 Å². The summed E-state index contributed by atoms with van der Waals surface area (Å²) in [6, 6.07) is -1.26. The van der Waals surface area contributed by atoms with Crippen molar-refractivity contribution in [3.05, 3.63) is 0 Å². The van der Waals surface area contributed by atoms with Gasteiger partial charge in [0.1, 0.15) is 12.2 Å². The van der Waals surface area contributed by atoms with E-state index in [4.69, 9.17) is 9.84 Å². The van der Waals surface area contributed by atoms with Crippen LogP contribution < -0.4 is 5.32 Å². The minimum atomic E-state index is -2.78. The van der Waals surface area contributed by atoms with Crippen LogP contribution in [-0.4, -0.2) is 84.5 Å². The Balaban J connectivity index is 3.01. The number of carboxylic acids is 1. The molecule has 1 heterocycles. The van der Waals surface area contributed by atoms with Crippen molar-refractivity contribution in [2.75, 3.05) is 5.75 Å². The Morgan fingerprint density at radius 1 is 1.33 bits per heavy atom. The quantitative estimate of drug-likeness (QED) is 0.292. The zero-order chi connectivity index (χ0) is 18.7. The van der Waals surface area contributed by atoms with Crippen LogP contribution in [0.4, 0.5) is 0 Å². The van der Waals surface area contributed by atoms with Crippen LogP contribution in [0, 0.1) is 0 Å². The lowest BCUT2D eigenvalue weighted by Crippen LogP contribution is -2.67. The number of thioether (sulfide) groups is 1. The van der Waals surface area contributed by atoms with E-state index in [1.807, 2.05) is 0 Å². The number of hydrogen-bond acceptors (Lipinski definition) is 9. The van der Waals surface area contributed by atoms with E-state index >= 15 is 0 Å². The monoisotopic (exact) mass is 367 g/mol. The number of aliphatic hydroxyl groups excluding tert-OH is 3. The van der Waals surface area contributed by atoms with Crippen molar-refractivity contribution in [1.29, 1.82) is 0 Å². The molecule has 0 saturated carbocycles. The third-order valence-electron chi connectivity index (χ3n) is 3.48. The van der Waals surface area contributed by atoms with E-state index in [1.54, 1.807) is 0 Å². The zero-order valence-corrected chi connectivity index (χ0v) is 13.9. The molecular weight excluding hydrogens is 346 g/mol. The van der Waals surface area contributed by atoms with Crippen molar-refractivity contribution in [3.8, 4) is 0 Å². The minimum absolute atomic E-state index is 0.218. The molecule has 0 aromatic rings. The van der Waals surface area contributed by atoms with Gasteiger partial charge in [0.2, 0.25) is 5.91 Å². The molecule has 0 aromatic carbocycles. The van der Waals surface area contributed by atoms with E-state index in [-0.39, 0.29) is 10.9 Å². The molecule has 0 spiro atoms. The maximum absolute atomic E-state index is 11.3. The molecule has 1 unspecified atom stereocenters. The van der Waals surface area contributed by atoms with Crippen LogP contribution >= 0.6 is 11.8 Å². The third kappa shape index (κ3) is 5.13. The molecule has 6 N–H and O–H groups in total. The fourth-order valence-corrected chi connectivity index (χ4v) is 2.93. The second-order valence-corrected chi connectivity index (χ2v) is 6.73. The standard InChI is InChI=1S/C13H21NO9S/c1-5(15)14-9-7(17)3-13(22,12(20)21)23-11(9)10(19)8(18)4-24-6(2)16/h7-11,17-19,22H,3-4H2,1-2H3,(H,14,15)(H,20,21)/t7-,8+,9+,10+,11+,13?/m0/s1. The topological polar surface area (TPSA) is 174 Å². The number of aliphatic hydroxyl groups is 4. The Hall–Kier alpha value is -1.24. The maximum atomic E-state index is 11.3. The van der Waals surface area contributed by atoms with Crippen molar-refractivity contribution in [2.24, 2.45) is 0 Å². The predicted molar refractivity (Wildman–Crippen MR) is 80.8 cm³/mol. The van der Waals surface area contributed by atoms with Gasteiger partial charge in [-0.25, -0.2) is 4.79 Å². The van der Waals surface area contributed by atoms with E-state index in [0.29, 0.717) is 0 Å². The van der Waals surface area contributed by atoms with E-state index in [0.717, 1.165) is 18.7 Å². The lowest BCUT2D eigenvalue weighted by Gasteiger charge is -2.44. The summed E-state index contributed by atoms with van der Waals surface area (Å²) in [4.78, 5) is 33.3. The predicted octanol–water partition coefficient (Wildman–Crippen LogP) is -2.58. The van der Waals surface area contributed by atoms with Crippen LogP contribution in [0.1, 0.15) is 20.3 Å². The highest BCUT2D eigenvalue weighted by Gasteiger charge is 2.53. The molecule has 0 radical (unpaired) electrons. The molecule has 0 aromatic heterocycles. The maximum Gasteiger partial charge on any atom is 0.364 e. The van der Waals surface area contributed by atoms with Crippen molar-refractivity contribution < 1.29 is 44.7 Å². The first-order valence-electron chi connectivity index (χ1n) is 7.06. The molecule has 0 bridgehead atoms. The summed E-state index contributed by atoms with van der Waals surface area (Å²) in [7, 11) is 0.